The molecule has 9 nitrogen and oxygen atoms in total. The van der Waals surface area contributed by atoms with Crippen molar-refractivity contribution in [1.82, 2.24) is 16.0 Å². The van der Waals surface area contributed by atoms with Gasteiger partial charge in [-0.3, -0.25) is 14.4 Å². The molecule has 0 fully saturated rings. The second-order valence-corrected chi connectivity index (χ2v) is 8.10. The molecule has 0 aromatic heterocycles. The maximum atomic E-state index is 13.1. The van der Waals surface area contributed by atoms with E-state index in [-0.39, 0.29) is 24.8 Å². The third kappa shape index (κ3) is 8.30. The molecule has 178 valence electrons. The summed E-state index contributed by atoms with van der Waals surface area (Å²) in [6, 6.07) is 6.21. The van der Waals surface area contributed by atoms with Crippen LogP contribution in [0.2, 0.25) is 0 Å². The highest BCUT2D eigenvalue weighted by atomic mass is 16.4. The largest absolute Gasteiger partial charge is 0.480 e. The van der Waals surface area contributed by atoms with Gasteiger partial charge in [0.1, 0.15) is 18.1 Å². The van der Waals surface area contributed by atoms with Crippen LogP contribution in [0.15, 0.2) is 30.3 Å². The van der Waals surface area contributed by atoms with E-state index in [1.165, 1.54) is 0 Å². The minimum atomic E-state index is -1.13. The smallest absolute Gasteiger partial charge is 0.326 e. The van der Waals surface area contributed by atoms with Crippen molar-refractivity contribution in [3.05, 3.63) is 35.9 Å². The molecule has 0 aliphatic heterocycles. The predicted octanol–water partition coefficient (Wildman–Crippen LogP) is 0.819. The molecule has 9 heteroatoms. The fourth-order valence-electron chi connectivity index (χ4n) is 3.19. The van der Waals surface area contributed by atoms with Gasteiger partial charge in [0.2, 0.25) is 17.7 Å². The zero-order chi connectivity index (χ0) is 24.3. The number of hydrogen-bond donors (Lipinski definition) is 5. The fraction of sp³-hybridized carbons (Fsp3) is 0.565. The van der Waals surface area contributed by atoms with Crippen molar-refractivity contribution in [2.24, 2.45) is 17.6 Å². The van der Waals surface area contributed by atoms with Crippen LogP contribution in [-0.2, 0) is 25.6 Å². The summed E-state index contributed by atoms with van der Waals surface area (Å²) in [5, 5.41) is 17.4. The molecular formula is C23H36N4O5. The molecular weight excluding hydrogens is 412 g/mol. The van der Waals surface area contributed by atoms with Gasteiger partial charge in [0.05, 0.1) is 6.54 Å². The van der Waals surface area contributed by atoms with E-state index in [9.17, 15) is 24.3 Å². The predicted molar refractivity (Wildman–Crippen MR) is 122 cm³/mol. The third-order valence-electron chi connectivity index (χ3n) is 5.69. The van der Waals surface area contributed by atoms with Crippen LogP contribution >= 0.6 is 0 Å². The minimum Gasteiger partial charge on any atom is -0.480 e. The number of amides is 3. The van der Waals surface area contributed by atoms with E-state index in [1.807, 2.05) is 44.2 Å². The van der Waals surface area contributed by atoms with E-state index >= 15 is 0 Å². The van der Waals surface area contributed by atoms with Gasteiger partial charge in [-0.25, -0.2) is 4.79 Å². The molecule has 0 saturated carbocycles. The molecule has 32 heavy (non-hydrogen) atoms. The Labute approximate surface area is 189 Å². The van der Waals surface area contributed by atoms with Gasteiger partial charge in [-0.2, -0.15) is 0 Å². The monoisotopic (exact) mass is 448 g/mol. The molecule has 1 rings (SSSR count). The Morgan fingerprint density at radius 2 is 1.41 bits per heavy atom. The Kier molecular flexibility index (Phi) is 11.4. The average Bonchev–Trinajstić information content (AvgIpc) is 2.79. The van der Waals surface area contributed by atoms with Crippen LogP contribution < -0.4 is 21.7 Å². The first-order chi connectivity index (χ1) is 15.1. The summed E-state index contributed by atoms with van der Waals surface area (Å²) in [4.78, 5) is 49.6. The first-order valence-corrected chi connectivity index (χ1v) is 11.0. The number of benzene rings is 1. The van der Waals surface area contributed by atoms with Crippen LogP contribution in [0.5, 0.6) is 0 Å². The van der Waals surface area contributed by atoms with Crippen molar-refractivity contribution in [2.45, 2.75) is 65.1 Å². The Bertz CT molecular complexity index is 771. The van der Waals surface area contributed by atoms with E-state index in [0.717, 1.165) is 5.56 Å². The molecule has 0 heterocycles. The lowest BCUT2D eigenvalue weighted by Gasteiger charge is -2.29. The number of nitrogens with one attached hydrogen (secondary N) is 3. The van der Waals surface area contributed by atoms with Crippen LogP contribution in [0, 0.1) is 11.8 Å². The second-order valence-electron chi connectivity index (χ2n) is 8.10. The molecule has 6 N–H and O–H groups in total. The lowest BCUT2D eigenvalue weighted by Crippen LogP contribution is -2.59. The summed E-state index contributed by atoms with van der Waals surface area (Å²) in [5.41, 5.74) is 6.23. The van der Waals surface area contributed by atoms with Crippen LogP contribution in [-0.4, -0.2) is 53.5 Å². The van der Waals surface area contributed by atoms with Crippen LogP contribution in [0.25, 0.3) is 0 Å². The van der Waals surface area contributed by atoms with E-state index in [1.54, 1.807) is 13.8 Å². The van der Waals surface area contributed by atoms with Gasteiger partial charge in [-0.1, -0.05) is 70.9 Å². The highest BCUT2D eigenvalue weighted by Gasteiger charge is 2.33. The van der Waals surface area contributed by atoms with Crippen LogP contribution in [0.3, 0.4) is 0 Å². The number of nitrogens with two attached hydrogens (primary N) is 1. The van der Waals surface area contributed by atoms with Gasteiger partial charge in [0, 0.05) is 6.42 Å². The standard InChI is InChI=1S/C23H36N4O5/c1-5-14(3)19(22(30)27-20(23(31)32)15(4)6-2)26-21(29)17(25-18(28)13-24)12-16-10-8-7-9-11-16/h7-11,14-15,17,19-20H,5-6,12-13,24H2,1-4H3,(H,25,28)(H,26,29)(H,27,30)(H,31,32). The van der Waals surface area contributed by atoms with E-state index < -0.39 is 41.8 Å². The highest BCUT2D eigenvalue weighted by molar-refractivity contribution is 5.94. The number of carbonyl (C=O) groups excluding carboxylic acids is 3. The molecule has 1 aromatic rings. The van der Waals surface area contributed by atoms with Gasteiger partial charge >= 0.3 is 5.97 Å². The molecule has 0 spiro atoms. The summed E-state index contributed by atoms with van der Waals surface area (Å²) in [6.07, 6.45) is 1.37. The molecule has 0 bridgehead atoms. The SMILES string of the molecule is CCC(C)C(NC(=O)C(NC(=O)C(Cc1ccccc1)NC(=O)CN)C(C)CC)C(=O)O. The number of hydrogen-bond acceptors (Lipinski definition) is 5. The first kappa shape index (κ1) is 27.1. The molecule has 3 amide bonds. The zero-order valence-electron chi connectivity index (χ0n) is 19.3. The van der Waals surface area contributed by atoms with Crippen molar-refractivity contribution in [3.63, 3.8) is 0 Å². The van der Waals surface area contributed by atoms with Crippen molar-refractivity contribution >= 4 is 23.7 Å². The Morgan fingerprint density at radius 3 is 1.91 bits per heavy atom. The average molecular weight is 449 g/mol. The topological polar surface area (TPSA) is 151 Å². The highest BCUT2D eigenvalue weighted by Crippen LogP contribution is 2.13. The van der Waals surface area contributed by atoms with Gasteiger partial charge in [0.15, 0.2) is 0 Å². The number of rotatable bonds is 13. The van der Waals surface area contributed by atoms with Crippen molar-refractivity contribution in [2.75, 3.05) is 6.54 Å². The third-order valence-corrected chi connectivity index (χ3v) is 5.69. The number of carboxylic acid groups (broad SMARTS) is 1. The summed E-state index contributed by atoms with van der Waals surface area (Å²) >= 11 is 0. The number of carboxylic acids is 1. The van der Waals surface area contributed by atoms with Crippen molar-refractivity contribution in [1.29, 1.82) is 0 Å². The quantitative estimate of drug-likeness (QED) is 0.301. The van der Waals surface area contributed by atoms with Crippen LogP contribution in [0.4, 0.5) is 0 Å². The number of aliphatic carboxylic acids is 1. The first-order valence-electron chi connectivity index (χ1n) is 11.0. The molecule has 0 aliphatic carbocycles. The lowest BCUT2D eigenvalue weighted by atomic mass is 9.95. The summed E-state index contributed by atoms with van der Waals surface area (Å²) in [5.74, 6) is -3.25. The van der Waals surface area contributed by atoms with Gasteiger partial charge in [0.25, 0.3) is 0 Å². The minimum absolute atomic E-state index is 0.220. The van der Waals surface area contributed by atoms with Crippen LogP contribution in [0.1, 0.15) is 46.1 Å². The second kappa shape index (κ2) is 13.5. The fourth-order valence-corrected chi connectivity index (χ4v) is 3.19. The van der Waals surface area contributed by atoms with Gasteiger partial charge in [-0.15, -0.1) is 0 Å². The zero-order valence-corrected chi connectivity index (χ0v) is 19.3. The summed E-state index contributed by atoms with van der Waals surface area (Å²) < 4.78 is 0. The Morgan fingerprint density at radius 1 is 0.875 bits per heavy atom. The molecule has 0 saturated heterocycles. The Hall–Kier alpha value is -2.94. The van der Waals surface area contributed by atoms with E-state index in [4.69, 9.17) is 5.73 Å². The maximum Gasteiger partial charge on any atom is 0.326 e. The Balaban J connectivity index is 3.06. The van der Waals surface area contributed by atoms with E-state index in [0.29, 0.717) is 12.8 Å². The summed E-state index contributed by atoms with van der Waals surface area (Å²) in [6.45, 7) is 6.98. The molecule has 1 aromatic carbocycles. The molecule has 5 unspecified atom stereocenters. The maximum absolute atomic E-state index is 13.1. The van der Waals surface area contributed by atoms with Gasteiger partial charge in [-0.05, 0) is 17.4 Å². The molecule has 0 radical (unpaired) electrons. The van der Waals surface area contributed by atoms with Gasteiger partial charge < -0.3 is 26.8 Å². The van der Waals surface area contributed by atoms with Crippen molar-refractivity contribution < 1.29 is 24.3 Å². The summed E-state index contributed by atoms with van der Waals surface area (Å²) in [7, 11) is 0. The van der Waals surface area contributed by atoms with Crippen molar-refractivity contribution in [3.8, 4) is 0 Å². The van der Waals surface area contributed by atoms with E-state index in [2.05, 4.69) is 16.0 Å². The molecule has 5 atom stereocenters. The molecule has 0 aliphatic rings. The number of carbonyl (C=O) groups is 4. The lowest BCUT2D eigenvalue weighted by molar-refractivity contribution is -0.144. The normalized spacial score (nSPS) is 15.5.